The number of hydrogen-bond donors (Lipinski definition) is 1. The molecular weight excluding hydrogens is 248 g/mol. The van der Waals surface area contributed by atoms with E-state index in [1.807, 2.05) is 0 Å². The van der Waals surface area contributed by atoms with Crippen molar-refractivity contribution in [1.82, 2.24) is 20.4 Å². The van der Waals surface area contributed by atoms with Crippen molar-refractivity contribution in [2.75, 3.05) is 13.1 Å². The van der Waals surface area contributed by atoms with Gasteiger partial charge in [0.05, 0.1) is 0 Å². The van der Waals surface area contributed by atoms with Gasteiger partial charge in [-0.05, 0) is 13.8 Å². The molecular formula is C12H18N4O3. The molecule has 1 aliphatic rings. The Bertz CT molecular complexity index is 495. The third-order valence-electron chi connectivity index (χ3n) is 3.06. The smallest absolute Gasteiger partial charge is 0.247 e. The first-order chi connectivity index (χ1) is 8.88. The molecule has 1 fully saturated rings. The van der Waals surface area contributed by atoms with Gasteiger partial charge >= 0.3 is 0 Å². The van der Waals surface area contributed by atoms with E-state index in [4.69, 9.17) is 4.52 Å². The summed E-state index contributed by atoms with van der Waals surface area (Å²) in [5.41, 5.74) is -0.860. The van der Waals surface area contributed by atoms with Crippen LogP contribution in [0.2, 0.25) is 0 Å². The third kappa shape index (κ3) is 3.10. The van der Waals surface area contributed by atoms with Crippen LogP contribution in [0, 0.1) is 6.92 Å². The van der Waals surface area contributed by atoms with Gasteiger partial charge in [-0.2, -0.15) is 4.98 Å². The van der Waals surface area contributed by atoms with E-state index in [1.54, 1.807) is 25.7 Å². The quantitative estimate of drug-likeness (QED) is 0.835. The average Bonchev–Trinajstić information content (AvgIpc) is 2.69. The van der Waals surface area contributed by atoms with Gasteiger partial charge in [-0.15, -0.1) is 0 Å². The lowest BCUT2D eigenvalue weighted by atomic mass is 10.0. The molecule has 0 radical (unpaired) electrons. The van der Waals surface area contributed by atoms with Gasteiger partial charge in [0, 0.05) is 32.9 Å². The van der Waals surface area contributed by atoms with Crippen LogP contribution < -0.4 is 5.32 Å². The molecule has 19 heavy (non-hydrogen) atoms. The van der Waals surface area contributed by atoms with E-state index in [9.17, 15) is 9.59 Å². The molecule has 7 nitrogen and oxygen atoms in total. The van der Waals surface area contributed by atoms with Crippen molar-refractivity contribution in [3.05, 3.63) is 11.7 Å². The van der Waals surface area contributed by atoms with Gasteiger partial charge in [0.1, 0.15) is 5.54 Å². The Labute approximate surface area is 111 Å². The molecule has 1 N–H and O–H groups in total. The molecule has 2 heterocycles. The molecule has 0 bridgehead atoms. The molecule has 0 saturated carbocycles. The monoisotopic (exact) mass is 266 g/mol. The number of nitrogens with one attached hydrogen (secondary N) is 1. The molecule has 0 aromatic carbocycles. The fourth-order valence-electron chi connectivity index (χ4n) is 2.09. The second-order valence-electron chi connectivity index (χ2n) is 5.20. The van der Waals surface area contributed by atoms with Crippen molar-refractivity contribution in [2.24, 2.45) is 0 Å². The molecule has 0 aliphatic carbocycles. The van der Waals surface area contributed by atoms with E-state index in [-0.39, 0.29) is 11.8 Å². The summed E-state index contributed by atoms with van der Waals surface area (Å²) in [6.45, 7) is 6.05. The zero-order valence-corrected chi connectivity index (χ0v) is 11.4. The van der Waals surface area contributed by atoms with Crippen LogP contribution in [0.5, 0.6) is 0 Å². The molecule has 2 rings (SSSR count). The van der Waals surface area contributed by atoms with Crippen LogP contribution in [-0.4, -0.2) is 45.5 Å². The van der Waals surface area contributed by atoms with Crippen LogP contribution in [0.1, 0.15) is 32.0 Å². The summed E-state index contributed by atoms with van der Waals surface area (Å²) in [6, 6.07) is 0. The maximum Gasteiger partial charge on any atom is 0.247 e. The summed E-state index contributed by atoms with van der Waals surface area (Å²) in [7, 11) is 0. The molecule has 0 spiro atoms. The Kier molecular flexibility index (Phi) is 3.55. The topological polar surface area (TPSA) is 88.3 Å². The lowest BCUT2D eigenvalue weighted by Gasteiger charge is -2.28. The predicted molar refractivity (Wildman–Crippen MR) is 66.2 cm³/mol. The second-order valence-corrected chi connectivity index (χ2v) is 5.20. The number of aromatic nitrogens is 2. The first kappa shape index (κ1) is 13.5. The first-order valence-electron chi connectivity index (χ1n) is 6.28. The Balaban J connectivity index is 2.02. The number of nitrogens with zero attached hydrogens (tertiary/aromatic N) is 3. The van der Waals surface area contributed by atoms with Crippen LogP contribution in [-0.2, 0) is 16.0 Å². The summed E-state index contributed by atoms with van der Waals surface area (Å²) < 4.78 is 4.88. The van der Waals surface area contributed by atoms with Crippen molar-refractivity contribution in [1.29, 1.82) is 0 Å². The predicted octanol–water partition coefficient (Wildman–Crippen LogP) is 0.0476. The average molecular weight is 266 g/mol. The highest BCUT2D eigenvalue weighted by atomic mass is 16.5. The van der Waals surface area contributed by atoms with Gasteiger partial charge in [0.15, 0.2) is 5.82 Å². The van der Waals surface area contributed by atoms with E-state index in [0.29, 0.717) is 37.6 Å². The minimum absolute atomic E-state index is 0.0847. The summed E-state index contributed by atoms with van der Waals surface area (Å²) >= 11 is 0. The van der Waals surface area contributed by atoms with Gasteiger partial charge in [0.25, 0.3) is 0 Å². The minimum Gasteiger partial charge on any atom is -0.342 e. The number of carbonyl (C=O) groups excluding carboxylic acids is 2. The van der Waals surface area contributed by atoms with Gasteiger partial charge in [-0.1, -0.05) is 5.16 Å². The molecule has 2 amide bonds. The summed E-state index contributed by atoms with van der Waals surface area (Å²) in [5.74, 6) is 0.899. The van der Waals surface area contributed by atoms with E-state index in [0.717, 1.165) is 0 Å². The summed E-state index contributed by atoms with van der Waals surface area (Å²) in [5, 5.41) is 6.51. The van der Waals surface area contributed by atoms with Crippen molar-refractivity contribution in [3.8, 4) is 0 Å². The van der Waals surface area contributed by atoms with Crippen molar-refractivity contribution < 1.29 is 14.1 Å². The van der Waals surface area contributed by atoms with Gasteiger partial charge < -0.3 is 14.7 Å². The van der Waals surface area contributed by atoms with Crippen molar-refractivity contribution in [2.45, 2.75) is 39.2 Å². The van der Waals surface area contributed by atoms with E-state index in [2.05, 4.69) is 15.5 Å². The molecule has 104 valence electrons. The standard InChI is InChI=1S/C12H18N4O3/c1-8-13-9(15-19-8)4-6-16-7-5-10(17)14-12(2,3)11(16)18/h4-7H2,1-3H3,(H,14,17). The van der Waals surface area contributed by atoms with Gasteiger partial charge in [-0.25, -0.2) is 0 Å². The Morgan fingerprint density at radius 2 is 2.16 bits per heavy atom. The lowest BCUT2D eigenvalue weighted by molar-refractivity contribution is -0.137. The SMILES string of the molecule is Cc1nc(CCN2CCC(=O)NC(C)(C)C2=O)no1. The molecule has 0 atom stereocenters. The van der Waals surface area contributed by atoms with E-state index < -0.39 is 5.54 Å². The number of aryl methyl sites for hydroxylation is 1. The number of rotatable bonds is 3. The highest BCUT2D eigenvalue weighted by molar-refractivity contribution is 5.92. The second kappa shape index (κ2) is 4.99. The third-order valence-corrected chi connectivity index (χ3v) is 3.06. The molecule has 1 saturated heterocycles. The number of amides is 2. The van der Waals surface area contributed by atoms with Gasteiger partial charge in [0.2, 0.25) is 17.7 Å². The number of hydrogen-bond acceptors (Lipinski definition) is 5. The zero-order chi connectivity index (χ0) is 14.0. The largest absolute Gasteiger partial charge is 0.342 e. The zero-order valence-electron chi connectivity index (χ0n) is 11.4. The van der Waals surface area contributed by atoms with E-state index in [1.165, 1.54) is 0 Å². The van der Waals surface area contributed by atoms with E-state index >= 15 is 0 Å². The Morgan fingerprint density at radius 1 is 1.42 bits per heavy atom. The normalized spacial score (nSPS) is 19.2. The van der Waals surface area contributed by atoms with Crippen LogP contribution in [0.25, 0.3) is 0 Å². The molecule has 0 unspecified atom stereocenters. The highest BCUT2D eigenvalue weighted by Crippen LogP contribution is 2.13. The first-order valence-corrected chi connectivity index (χ1v) is 6.28. The van der Waals surface area contributed by atoms with Crippen LogP contribution in [0.15, 0.2) is 4.52 Å². The highest BCUT2D eigenvalue weighted by Gasteiger charge is 2.36. The molecule has 1 aromatic heterocycles. The Hall–Kier alpha value is -1.92. The van der Waals surface area contributed by atoms with Crippen LogP contribution in [0.3, 0.4) is 0 Å². The fraction of sp³-hybridized carbons (Fsp3) is 0.667. The summed E-state index contributed by atoms with van der Waals surface area (Å²) in [6.07, 6.45) is 0.841. The maximum atomic E-state index is 12.3. The lowest BCUT2D eigenvalue weighted by Crippen LogP contribution is -2.53. The molecule has 7 heteroatoms. The van der Waals surface area contributed by atoms with Gasteiger partial charge in [-0.3, -0.25) is 9.59 Å². The Morgan fingerprint density at radius 3 is 2.79 bits per heavy atom. The molecule has 1 aromatic rings. The maximum absolute atomic E-state index is 12.3. The number of carbonyl (C=O) groups is 2. The van der Waals surface area contributed by atoms with Crippen LogP contribution >= 0.6 is 0 Å². The molecule has 1 aliphatic heterocycles. The van der Waals surface area contributed by atoms with Crippen molar-refractivity contribution >= 4 is 11.8 Å². The fourth-order valence-corrected chi connectivity index (χ4v) is 2.09. The van der Waals surface area contributed by atoms with Crippen molar-refractivity contribution in [3.63, 3.8) is 0 Å². The van der Waals surface area contributed by atoms with Crippen LogP contribution in [0.4, 0.5) is 0 Å². The summed E-state index contributed by atoms with van der Waals surface area (Å²) in [4.78, 5) is 29.6. The minimum atomic E-state index is -0.860.